The zero-order chi connectivity index (χ0) is 14.5. The van der Waals surface area contributed by atoms with Gasteiger partial charge in [-0.05, 0) is 18.2 Å². The van der Waals surface area contributed by atoms with E-state index in [0.717, 1.165) is 5.69 Å². The van der Waals surface area contributed by atoms with Crippen LogP contribution in [0.25, 0.3) is 0 Å². The van der Waals surface area contributed by atoms with E-state index < -0.39 is 0 Å². The SMILES string of the molecule is CC(C)NCc1cc(Oc2cc(Cl)ccc2Cl)ccn1. The molecule has 0 amide bonds. The van der Waals surface area contributed by atoms with Crippen molar-refractivity contribution in [2.24, 2.45) is 0 Å². The third-order valence-electron chi connectivity index (χ3n) is 2.60. The molecule has 106 valence electrons. The van der Waals surface area contributed by atoms with Crippen LogP contribution in [0.2, 0.25) is 10.0 Å². The molecule has 1 heterocycles. The van der Waals surface area contributed by atoms with Crippen LogP contribution < -0.4 is 10.1 Å². The lowest BCUT2D eigenvalue weighted by Gasteiger charge is -2.10. The summed E-state index contributed by atoms with van der Waals surface area (Å²) < 4.78 is 5.75. The molecule has 1 aromatic heterocycles. The summed E-state index contributed by atoms with van der Waals surface area (Å²) in [7, 11) is 0. The third kappa shape index (κ3) is 4.37. The van der Waals surface area contributed by atoms with Gasteiger partial charge < -0.3 is 10.1 Å². The van der Waals surface area contributed by atoms with Gasteiger partial charge in [0.15, 0.2) is 0 Å². The Morgan fingerprint density at radius 1 is 1.20 bits per heavy atom. The molecule has 20 heavy (non-hydrogen) atoms. The summed E-state index contributed by atoms with van der Waals surface area (Å²) in [5.41, 5.74) is 0.911. The predicted octanol–water partition coefficient (Wildman–Crippen LogP) is 4.68. The first-order chi connectivity index (χ1) is 9.54. The number of benzene rings is 1. The Hall–Kier alpha value is -1.29. The lowest BCUT2D eigenvalue weighted by molar-refractivity contribution is 0.480. The van der Waals surface area contributed by atoms with E-state index >= 15 is 0 Å². The topological polar surface area (TPSA) is 34.1 Å². The maximum atomic E-state index is 6.08. The predicted molar refractivity (Wildman–Crippen MR) is 82.7 cm³/mol. The number of rotatable bonds is 5. The highest BCUT2D eigenvalue weighted by molar-refractivity contribution is 6.34. The maximum absolute atomic E-state index is 6.08. The summed E-state index contributed by atoms with van der Waals surface area (Å²) in [5, 5.41) is 4.41. The van der Waals surface area contributed by atoms with Crippen LogP contribution in [0, 0.1) is 0 Å². The molecule has 3 nitrogen and oxygen atoms in total. The quantitative estimate of drug-likeness (QED) is 0.870. The van der Waals surface area contributed by atoms with E-state index in [1.54, 1.807) is 30.5 Å². The zero-order valence-corrected chi connectivity index (χ0v) is 12.9. The molecule has 0 spiro atoms. The van der Waals surface area contributed by atoms with Gasteiger partial charge in [-0.3, -0.25) is 4.98 Å². The molecule has 5 heteroatoms. The van der Waals surface area contributed by atoms with Crippen molar-refractivity contribution in [2.45, 2.75) is 26.4 Å². The Labute approximate surface area is 128 Å². The number of hydrogen-bond acceptors (Lipinski definition) is 3. The van der Waals surface area contributed by atoms with Crippen LogP contribution in [0.1, 0.15) is 19.5 Å². The summed E-state index contributed by atoms with van der Waals surface area (Å²) in [6.07, 6.45) is 1.71. The molecule has 0 bridgehead atoms. The molecule has 0 atom stereocenters. The van der Waals surface area contributed by atoms with Crippen LogP contribution >= 0.6 is 23.2 Å². The number of hydrogen-bond donors (Lipinski definition) is 1. The Morgan fingerprint density at radius 2 is 2.00 bits per heavy atom. The van der Waals surface area contributed by atoms with Gasteiger partial charge >= 0.3 is 0 Å². The van der Waals surface area contributed by atoms with E-state index in [0.29, 0.717) is 34.1 Å². The molecular weight excluding hydrogens is 295 g/mol. The van der Waals surface area contributed by atoms with Gasteiger partial charge in [-0.2, -0.15) is 0 Å². The second kappa shape index (κ2) is 6.93. The number of halogens is 2. The minimum absolute atomic E-state index is 0.406. The molecule has 0 aliphatic heterocycles. The van der Waals surface area contributed by atoms with Gasteiger partial charge in [0, 0.05) is 35.9 Å². The first-order valence-electron chi connectivity index (χ1n) is 6.36. The Morgan fingerprint density at radius 3 is 2.75 bits per heavy atom. The van der Waals surface area contributed by atoms with Crippen molar-refractivity contribution < 1.29 is 4.74 Å². The van der Waals surface area contributed by atoms with Gasteiger partial charge in [-0.15, -0.1) is 0 Å². The molecule has 2 rings (SSSR count). The van der Waals surface area contributed by atoms with Crippen LogP contribution in [0.3, 0.4) is 0 Å². The molecular formula is C15H16Cl2N2O. The normalized spacial score (nSPS) is 10.8. The van der Waals surface area contributed by atoms with Crippen LogP contribution in [0.4, 0.5) is 0 Å². The van der Waals surface area contributed by atoms with Gasteiger partial charge in [-0.1, -0.05) is 37.0 Å². The maximum Gasteiger partial charge on any atom is 0.147 e. The smallest absolute Gasteiger partial charge is 0.147 e. The summed E-state index contributed by atoms with van der Waals surface area (Å²) in [5.74, 6) is 1.22. The molecule has 0 fully saturated rings. The molecule has 1 N–H and O–H groups in total. The first kappa shape index (κ1) is 15.1. The van der Waals surface area contributed by atoms with Crippen molar-refractivity contribution in [3.63, 3.8) is 0 Å². The van der Waals surface area contributed by atoms with Gasteiger partial charge in [-0.25, -0.2) is 0 Å². The first-order valence-corrected chi connectivity index (χ1v) is 7.11. The Bertz CT molecular complexity index is 588. The fourth-order valence-corrected chi connectivity index (χ4v) is 1.93. The van der Waals surface area contributed by atoms with Crippen molar-refractivity contribution in [3.8, 4) is 11.5 Å². The summed E-state index contributed by atoms with van der Waals surface area (Å²) >= 11 is 12.0. The van der Waals surface area contributed by atoms with Crippen LogP contribution in [0.15, 0.2) is 36.5 Å². The third-order valence-corrected chi connectivity index (χ3v) is 3.15. The minimum Gasteiger partial charge on any atom is -0.456 e. The minimum atomic E-state index is 0.406. The summed E-state index contributed by atoms with van der Waals surface area (Å²) in [6, 6.07) is 9.20. The molecule has 0 aliphatic rings. The molecule has 0 saturated carbocycles. The van der Waals surface area contributed by atoms with Crippen LogP contribution in [-0.2, 0) is 6.54 Å². The average Bonchev–Trinajstić information content (AvgIpc) is 2.41. The number of nitrogens with one attached hydrogen (secondary N) is 1. The lowest BCUT2D eigenvalue weighted by atomic mass is 10.3. The lowest BCUT2D eigenvalue weighted by Crippen LogP contribution is -2.22. The van der Waals surface area contributed by atoms with Crippen molar-refractivity contribution in [2.75, 3.05) is 0 Å². The van der Waals surface area contributed by atoms with Gasteiger partial charge in [0.25, 0.3) is 0 Å². The second-order valence-electron chi connectivity index (χ2n) is 4.70. The fourth-order valence-electron chi connectivity index (χ4n) is 1.61. The zero-order valence-electron chi connectivity index (χ0n) is 11.4. The van der Waals surface area contributed by atoms with E-state index in [9.17, 15) is 0 Å². The molecule has 0 saturated heterocycles. The van der Waals surface area contributed by atoms with Crippen LogP contribution in [-0.4, -0.2) is 11.0 Å². The van der Waals surface area contributed by atoms with Crippen LogP contribution in [0.5, 0.6) is 11.5 Å². The van der Waals surface area contributed by atoms with Crippen molar-refractivity contribution in [1.82, 2.24) is 10.3 Å². The highest BCUT2D eigenvalue weighted by Crippen LogP contribution is 2.31. The summed E-state index contributed by atoms with van der Waals surface area (Å²) in [4.78, 5) is 4.29. The summed E-state index contributed by atoms with van der Waals surface area (Å²) in [6.45, 7) is 4.87. The fraction of sp³-hybridized carbons (Fsp3) is 0.267. The molecule has 0 radical (unpaired) electrons. The Balaban J connectivity index is 2.13. The van der Waals surface area contributed by atoms with E-state index in [4.69, 9.17) is 27.9 Å². The Kier molecular flexibility index (Phi) is 5.24. The highest BCUT2D eigenvalue weighted by Gasteiger charge is 2.05. The molecule has 1 aromatic carbocycles. The van der Waals surface area contributed by atoms with Gasteiger partial charge in [0.05, 0.1) is 10.7 Å². The van der Waals surface area contributed by atoms with Gasteiger partial charge in [0.2, 0.25) is 0 Å². The molecule has 0 aliphatic carbocycles. The highest BCUT2D eigenvalue weighted by atomic mass is 35.5. The van der Waals surface area contributed by atoms with Crippen molar-refractivity contribution in [3.05, 3.63) is 52.3 Å². The number of pyridine rings is 1. The van der Waals surface area contributed by atoms with Crippen molar-refractivity contribution in [1.29, 1.82) is 0 Å². The number of nitrogens with zero attached hydrogens (tertiary/aromatic N) is 1. The van der Waals surface area contributed by atoms with E-state index in [-0.39, 0.29) is 0 Å². The molecule has 0 unspecified atom stereocenters. The second-order valence-corrected chi connectivity index (χ2v) is 5.54. The van der Waals surface area contributed by atoms with Gasteiger partial charge in [0.1, 0.15) is 11.5 Å². The average molecular weight is 311 g/mol. The molecule has 2 aromatic rings. The van der Waals surface area contributed by atoms with E-state index in [1.165, 1.54) is 0 Å². The number of ether oxygens (including phenoxy) is 1. The van der Waals surface area contributed by atoms with E-state index in [2.05, 4.69) is 24.1 Å². The number of aromatic nitrogens is 1. The van der Waals surface area contributed by atoms with Crippen molar-refractivity contribution >= 4 is 23.2 Å². The monoisotopic (exact) mass is 310 g/mol. The standard InChI is InChI=1S/C15H16Cl2N2O/c1-10(2)19-9-12-8-13(5-6-18-12)20-15-7-11(16)3-4-14(15)17/h3-8,10,19H,9H2,1-2H3. The largest absolute Gasteiger partial charge is 0.456 e. The van der Waals surface area contributed by atoms with E-state index in [1.807, 2.05) is 6.07 Å².